The van der Waals surface area contributed by atoms with Crippen molar-refractivity contribution in [2.45, 2.75) is 62.6 Å². The maximum Gasteiger partial charge on any atom is 0.404 e. The number of amides is 1. The SMILES string of the molecule is Cl.O=C(O)N[C@H]1CCc2ccn3c2C1C(=O)C[C@H](c1ncc(-c2ccc(-c4ccc5cc(-c6c[nH]c([C@@H]7CCCN7)n6)ccc5n4)cc2)[nH]1)C3. The van der Waals surface area contributed by atoms with Gasteiger partial charge in [-0.05, 0) is 67.6 Å². The molecule has 9 rings (SSSR count). The molecule has 0 saturated carbocycles. The number of carbonyl (C=O) groups excluding carboxylic acids is 1. The Labute approximate surface area is 294 Å². The number of nitrogens with zero attached hydrogens (tertiary/aromatic N) is 4. The third-order valence-corrected chi connectivity index (χ3v) is 10.5. The zero-order chi connectivity index (χ0) is 33.1. The Morgan fingerprint density at radius 2 is 1.78 bits per heavy atom. The summed E-state index contributed by atoms with van der Waals surface area (Å²) in [5, 5.41) is 16.6. The van der Waals surface area contributed by atoms with Gasteiger partial charge in [0, 0.05) is 59.5 Å². The number of benzene rings is 2. The van der Waals surface area contributed by atoms with Gasteiger partial charge in [0.25, 0.3) is 0 Å². The van der Waals surface area contributed by atoms with Gasteiger partial charge in [0.2, 0.25) is 0 Å². The van der Waals surface area contributed by atoms with E-state index in [2.05, 4.69) is 85.8 Å². The van der Waals surface area contributed by atoms with Gasteiger partial charge >= 0.3 is 6.09 Å². The van der Waals surface area contributed by atoms with E-state index in [1.807, 2.05) is 18.6 Å². The molecule has 11 nitrogen and oxygen atoms in total. The zero-order valence-electron chi connectivity index (χ0n) is 27.2. The van der Waals surface area contributed by atoms with Crippen molar-refractivity contribution in [3.8, 4) is 33.8 Å². The van der Waals surface area contributed by atoms with E-state index >= 15 is 0 Å². The molecule has 4 atom stereocenters. The molecule has 0 radical (unpaired) electrons. The average molecular weight is 689 g/mol. The number of halogens is 1. The molecule has 6 aromatic rings. The Kier molecular flexibility index (Phi) is 8.24. The molecule has 12 heteroatoms. The first kappa shape index (κ1) is 32.0. The fraction of sp³-hybridized carbons (Fsp3) is 0.289. The van der Waals surface area contributed by atoms with Crippen molar-refractivity contribution in [2.75, 3.05) is 6.54 Å². The van der Waals surface area contributed by atoms with Crippen molar-refractivity contribution < 1.29 is 14.7 Å². The van der Waals surface area contributed by atoms with Crippen LogP contribution in [0.15, 0.2) is 79.3 Å². The average Bonchev–Trinajstić information content (AvgIpc) is 3.94. The highest BCUT2D eigenvalue weighted by atomic mass is 35.5. The predicted molar refractivity (Wildman–Crippen MR) is 192 cm³/mol. The van der Waals surface area contributed by atoms with E-state index in [4.69, 9.17) is 15.0 Å². The van der Waals surface area contributed by atoms with E-state index in [1.165, 1.54) is 6.42 Å². The molecular formula is C38H37ClN8O3. The van der Waals surface area contributed by atoms with E-state index in [1.54, 1.807) is 0 Å². The molecule has 254 valence electrons. The summed E-state index contributed by atoms with van der Waals surface area (Å²) in [6.07, 6.45) is 8.69. The highest BCUT2D eigenvalue weighted by Crippen LogP contribution is 2.40. The number of hydrogen-bond donors (Lipinski definition) is 5. The Bertz CT molecular complexity index is 2210. The molecule has 1 aliphatic carbocycles. The van der Waals surface area contributed by atoms with Gasteiger partial charge in [0.05, 0.1) is 40.8 Å². The van der Waals surface area contributed by atoms with Crippen LogP contribution >= 0.6 is 12.4 Å². The van der Waals surface area contributed by atoms with E-state index in [9.17, 15) is 14.7 Å². The van der Waals surface area contributed by atoms with Gasteiger partial charge in [-0.25, -0.2) is 19.7 Å². The van der Waals surface area contributed by atoms with Gasteiger partial charge < -0.3 is 30.3 Å². The lowest BCUT2D eigenvalue weighted by Gasteiger charge is -2.31. The minimum absolute atomic E-state index is 0. The third-order valence-electron chi connectivity index (χ3n) is 10.5. The summed E-state index contributed by atoms with van der Waals surface area (Å²) in [4.78, 5) is 46.5. The van der Waals surface area contributed by atoms with Crippen molar-refractivity contribution in [3.05, 3.63) is 102 Å². The number of aryl methyl sites for hydroxylation is 1. The number of nitrogens with one attached hydrogen (secondary N) is 4. The number of aromatic amines is 2. The molecule has 4 aromatic heterocycles. The lowest BCUT2D eigenvalue weighted by molar-refractivity contribution is -0.121. The Morgan fingerprint density at radius 3 is 2.60 bits per heavy atom. The first-order valence-corrected chi connectivity index (χ1v) is 17.0. The molecule has 2 aliphatic heterocycles. The number of Topliss-reactive ketones (excluding diaryl/α,β-unsaturated/α-hetero) is 1. The molecule has 5 N–H and O–H groups in total. The molecule has 2 aromatic carbocycles. The van der Waals surface area contributed by atoms with Crippen LogP contribution in [0.3, 0.4) is 0 Å². The van der Waals surface area contributed by atoms with Gasteiger partial charge in [0.15, 0.2) is 0 Å². The topological polar surface area (TPSA) is 154 Å². The highest BCUT2D eigenvalue weighted by molar-refractivity contribution is 5.89. The lowest BCUT2D eigenvalue weighted by Crippen LogP contribution is -2.44. The lowest BCUT2D eigenvalue weighted by atomic mass is 9.79. The summed E-state index contributed by atoms with van der Waals surface area (Å²) >= 11 is 0. The molecule has 0 bridgehead atoms. The van der Waals surface area contributed by atoms with Crippen LogP contribution in [0.25, 0.3) is 44.7 Å². The van der Waals surface area contributed by atoms with Crippen molar-refractivity contribution >= 4 is 35.2 Å². The normalized spacial score (nSPS) is 21.4. The van der Waals surface area contributed by atoms with Crippen molar-refractivity contribution in [2.24, 2.45) is 0 Å². The number of hydrogen-bond acceptors (Lipinski definition) is 6. The maximum absolute atomic E-state index is 13.6. The fourth-order valence-corrected chi connectivity index (χ4v) is 8.03. The molecule has 3 aliphatic rings. The molecular weight excluding hydrogens is 652 g/mol. The van der Waals surface area contributed by atoms with Crippen molar-refractivity contribution in [1.29, 1.82) is 0 Å². The summed E-state index contributed by atoms with van der Waals surface area (Å²) in [5.41, 5.74) is 8.80. The first-order valence-electron chi connectivity index (χ1n) is 17.0. The summed E-state index contributed by atoms with van der Waals surface area (Å²) in [6.45, 7) is 1.65. The number of rotatable bonds is 6. The van der Waals surface area contributed by atoms with Crippen molar-refractivity contribution in [3.63, 3.8) is 0 Å². The number of pyridine rings is 1. The smallest absolute Gasteiger partial charge is 0.404 e. The van der Waals surface area contributed by atoms with Crippen LogP contribution in [0.1, 0.15) is 66.5 Å². The monoisotopic (exact) mass is 688 g/mol. The minimum atomic E-state index is -1.09. The Balaban J connectivity index is 0.00000361. The number of carboxylic acid groups (broad SMARTS) is 1. The van der Waals surface area contributed by atoms with Gasteiger partial charge in [-0.1, -0.05) is 36.4 Å². The Hall–Kier alpha value is -5.26. The van der Waals surface area contributed by atoms with Crippen LogP contribution in [0.5, 0.6) is 0 Å². The number of imidazole rings is 2. The minimum Gasteiger partial charge on any atom is -0.465 e. The number of fused-ring (bicyclic) bond motifs is 1. The second-order valence-corrected chi connectivity index (χ2v) is 13.5. The fourth-order valence-electron chi connectivity index (χ4n) is 8.03. The molecule has 1 fully saturated rings. The van der Waals surface area contributed by atoms with E-state index in [0.29, 0.717) is 25.4 Å². The van der Waals surface area contributed by atoms with Gasteiger partial charge in [-0.2, -0.15) is 0 Å². The maximum atomic E-state index is 13.6. The quantitative estimate of drug-likeness (QED) is 0.130. The number of ketones is 1. The summed E-state index contributed by atoms with van der Waals surface area (Å²) in [6, 6.07) is 20.7. The number of aromatic nitrogens is 6. The van der Waals surface area contributed by atoms with Crippen LogP contribution in [0.2, 0.25) is 0 Å². The largest absolute Gasteiger partial charge is 0.465 e. The van der Waals surface area contributed by atoms with Gasteiger partial charge in [0.1, 0.15) is 17.4 Å². The highest BCUT2D eigenvalue weighted by Gasteiger charge is 2.41. The Morgan fingerprint density at radius 1 is 0.940 bits per heavy atom. The molecule has 1 unspecified atom stereocenters. The standard InChI is InChI=1S/C38H36N8O3.ClH/c47-33-17-26(20-46-15-13-23-7-12-29(45-38(48)49)34(33)35(23)46)36-40-18-31(43-36)22-5-3-21(4-6-22)27-10-8-24-16-25(9-11-28(24)42-27)32-19-41-37(44-32)30-2-1-14-39-30;/h3-6,8-11,13,15-16,18-19,26,29-30,34,39,45H,1-2,7,12,14,17,20H2,(H,40,43)(H,41,44)(H,48,49);1H/t26-,29-,30-,34?;/m0./s1. The van der Waals surface area contributed by atoms with Crippen LogP contribution in [0, 0.1) is 0 Å². The first-order chi connectivity index (χ1) is 24.0. The van der Waals surface area contributed by atoms with Crippen LogP contribution in [0.4, 0.5) is 4.79 Å². The number of carbonyl (C=O) groups is 2. The van der Waals surface area contributed by atoms with E-state index in [0.717, 1.165) is 87.0 Å². The predicted octanol–water partition coefficient (Wildman–Crippen LogP) is 6.75. The summed E-state index contributed by atoms with van der Waals surface area (Å²) in [7, 11) is 0. The second-order valence-electron chi connectivity index (χ2n) is 13.5. The zero-order valence-corrected chi connectivity index (χ0v) is 28.0. The third kappa shape index (κ3) is 5.76. The van der Waals surface area contributed by atoms with Crippen LogP contribution < -0.4 is 10.6 Å². The van der Waals surface area contributed by atoms with Crippen LogP contribution in [-0.2, 0) is 17.8 Å². The second kappa shape index (κ2) is 12.9. The van der Waals surface area contributed by atoms with Gasteiger partial charge in [-0.3, -0.25) is 4.79 Å². The van der Waals surface area contributed by atoms with E-state index in [-0.39, 0.29) is 24.1 Å². The summed E-state index contributed by atoms with van der Waals surface area (Å²) in [5.74, 6) is 1.19. The number of H-pyrrole nitrogens is 2. The molecule has 0 spiro atoms. The summed E-state index contributed by atoms with van der Waals surface area (Å²) < 4.78 is 2.13. The molecule has 6 heterocycles. The van der Waals surface area contributed by atoms with Crippen LogP contribution in [-0.4, -0.2) is 59.1 Å². The van der Waals surface area contributed by atoms with E-state index < -0.39 is 18.1 Å². The van der Waals surface area contributed by atoms with Gasteiger partial charge in [-0.15, -0.1) is 12.4 Å². The van der Waals surface area contributed by atoms with Crippen molar-refractivity contribution in [1.82, 2.24) is 40.1 Å². The molecule has 1 amide bonds. The molecule has 50 heavy (non-hydrogen) atoms. The molecule has 1 saturated heterocycles.